The van der Waals surface area contributed by atoms with Gasteiger partial charge in [0.15, 0.2) is 0 Å². The maximum Gasteiger partial charge on any atom is 0.132 e. The molecule has 0 radical (unpaired) electrons. The molecule has 2 nitrogen and oxygen atoms in total. The number of nitriles is 1. The van der Waals surface area contributed by atoms with Crippen molar-refractivity contribution in [2.24, 2.45) is 5.92 Å². The number of hydrogen-bond acceptors (Lipinski definition) is 2. The highest BCUT2D eigenvalue weighted by Gasteiger charge is 2.37. The zero-order valence-electron chi connectivity index (χ0n) is 10.1. The van der Waals surface area contributed by atoms with E-state index in [0.29, 0.717) is 0 Å². The summed E-state index contributed by atoms with van der Waals surface area (Å²) in [5.74, 6) is 0.814. The Morgan fingerprint density at radius 3 is 2.94 bits per heavy atom. The lowest BCUT2D eigenvalue weighted by atomic mass is 9.77. The number of fused-ring (bicyclic) bond motifs is 1. The molecular formula is C15H18N2. The second-order valence-electron chi connectivity index (χ2n) is 5.35. The Bertz CT molecular complexity index is 456. The summed E-state index contributed by atoms with van der Waals surface area (Å²) < 4.78 is 0. The molecule has 0 aliphatic heterocycles. The average molecular weight is 226 g/mol. The molecule has 1 unspecified atom stereocenters. The van der Waals surface area contributed by atoms with Crippen LogP contribution in [-0.2, 0) is 12.0 Å². The molecule has 0 amide bonds. The van der Waals surface area contributed by atoms with Crippen LogP contribution in [0.15, 0.2) is 24.3 Å². The third-order valence-corrected chi connectivity index (χ3v) is 4.06. The molecule has 1 atom stereocenters. The van der Waals surface area contributed by atoms with Crippen molar-refractivity contribution >= 4 is 0 Å². The molecule has 0 heterocycles. The first kappa shape index (κ1) is 10.8. The van der Waals surface area contributed by atoms with Gasteiger partial charge in [0, 0.05) is 0 Å². The maximum atomic E-state index is 9.61. The van der Waals surface area contributed by atoms with Gasteiger partial charge in [-0.3, -0.25) is 5.32 Å². The van der Waals surface area contributed by atoms with E-state index in [1.54, 1.807) is 0 Å². The molecule has 1 saturated carbocycles. The smallest absolute Gasteiger partial charge is 0.132 e. The number of benzene rings is 1. The average Bonchev–Trinajstić information content (AvgIpc) is 3.20. The molecule has 0 spiro atoms. The van der Waals surface area contributed by atoms with Crippen LogP contribution >= 0.6 is 0 Å². The summed E-state index contributed by atoms with van der Waals surface area (Å²) in [5, 5.41) is 13.2. The van der Waals surface area contributed by atoms with Crippen molar-refractivity contribution in [3.63, 3.8) is 0 Å². The molecule has 1 fully saturated rings. The summed E-state index contributed by atoms with van der Waals surface area (Å²) in [6.45, 7) is 1.00. The van der Waals surface area contributed by atoms with Crippen LogP contribution in [0, 0.1) is 17.2 Å². The van der Waals surface area contributed by atoms with Crippen molar-refractivity contribution in [2.45, 2.75) is 37.6 Å². The van der Waals surface area contributed by atoms with Crippen LogP contribution < -0.4 is 5.32 Å². The van der Waals surface area contributed by atoms with Crippen LogP contribution in [0.3, 0.4) is 0 Å². The third kappa shape index (κ3) is 1.96. The van der Waals surface area contributed by atoms with Gasteiger partial charge >= 0.3 is 0 Å². The van der Waals surface area contributed by atoms with Crippen LogP contribution in [0.1, 0.15) is 36.8 Å². The van der Waals surface area contributed by atoms with E-state index in [4.69, 9.17) is 0 Å². The van der Waals surface area contributed by atoms with Crippen LogP contribution in [0.2, 0.25) is 0 Å². The molecular weight excluding hydrogens is 208 g/mol. The third-order valence-electron chi connectivity index (χ3n) is 4.06. The lowest BCUT2D eigenvalue weighted by molar-refractivity contribution is 0.360. The van der Waals surface area contributed by atoms with E-state index < -0.39 is 5.54 Å². The molecule has 1 N–H and O–H groups in total. The molecule has 17 heavy (non-hydrogen) atoms. The maximum absolute atomic E-state index is 9.61. The van der Waals surface area contributed by atoms with Crippen molar-refractivity contribution in [1.82, 2.24) is 5.32 Å². The van der Waals surface area contributed by atoms with Gasteiger partial charge in [-0.1, -0.05) is 24.3 Å². The van der Waals surface area contributed by atoms with E-state index in [1.165, 1.54) is 24.0 Å². The van der Waals surface area contributed by atoms with E-state index in [-0.39, 0.29) is 0 Å². The number of rotatable bonds is 3. The molecule has 1 aromatic rings. The Labute approximate surface area is 103 Å². The summed E-state index contributed by atoms with van der Waals surface area (Å²) in [6, 6.07) is 11.0. The summed E-state index contributed by atoms with van der Waals surface area (Å²) in [7, 11) is 0. The Morgan fingerprint density at radius 2 is 2.18 bits per heavy atom. The fourth-order valence-electron chi connectivity index (χ4n) is 2.81. The van der Waals surface area contributed by atoms with Gasteiger partial charge in [0.2, 0.25) is 0 Å². The van der Waals surface area contributed by atoms with Gasteiger partial charge in [-0.25, -0.2) is 0 Å². The zero-order chi connectivity index (χ0) is 11.7. The first-order valence-corrected chi connectivity index (χ1v) is 6.59. The molecule has 0 saturated heterocycles. The van der Waals surface area contributed by atoms with Crippen molar-refractivity contribution in [2.75, 3.05) is 6.54 Å². The molecule has 2 aliphatic rings. The quantitative estimate of drug-likeness (QED) is 0.860. The van der Waals surface area contributed by atoms with Gasteiger partial charge in [0.1, 0.15) is 5.54 Å². The molecule has 2 aliphatic carbocycles. The van der Waals surface area contributed by atoms with Gasteiger partial charge < -0.3 is 0 Å². The summed E-state index contributed by atoms with van der Waals surface area (Å²) in [4.78, 5) is 0. The van der Waals surface area contributed by atoms with E-state index in [9.17, 15) is 5.26 Å². The summed E-state index contributed by atoms with van der Waals surface area (Å²) in [5.41, 5.74) is 2.15. The standard InChI is InChI=1S/C15H18N2/c16-11-15(17-10-12-7-8-12)9-3-5-13-4-1-2-6-14(13)15/h1-2,4,6,12,17H,3,5,7-10H2. The minimum absolute atomic E-state index is 0.419. The Morgan fingerprint density at radius 1 is 1.35 bits per heavy atom. The summed E-state index contributed by atoms with van der Waals surface area (Å²) in [6.07, 6.45) is 5.84. The van der Waals surface area contributed by atoms with Crippen molar-refractivity contribution in [3.8, 4) is 6.07 Å². The highest BCUT2D eigenvalue weighted by molar-refractivity contribution is 5.40. The minimum Gasteiger partial charge on any atom is -0.295 e. The van der Waals surface area contributed by atoms with E-state index in [1.807, 2.05) is 0 Å². The summed E-state index contributed by atoms with van der Waals surface area (Å²) >= 11 is 0. The van der Waals surface area contributed by atoms with Crippen LogP contribution in [0.5, 0.6) is 0 Å². The second kappa shape index (κ2) is 4.16. The topological polar surface area (TPSA) is 35.8 Å². The SMILES string of the molecule is N#CC1(NCC2CC2)CCCc2ccccc21. The van der Waals surface area contributed by atoms with Gasteiger partial charge in [-0.15, -0.1) is 0 Å². The van der Waals surface area contributed by atoms with Gasteiger partial charge in [-0.05, 0) is 55.7 Å². The molecule has 0 aromatic heterocycles. The predicted molar refractivity (Wildman–Crippen MR) is 67.4 cm³/mol. The number of hydrogen-bond donors (Lipinski definition) is 1. The molecule has 3 rings (SSSR count). The highest BCUT2D eigenvalue weighted by atomic mass is 15.0. The number of nitrogens with one attached hydrogen (secondary N) is 1. The van der Waals surface area contributed by atoms with Gasteiger partial charge in [-0.2, -0.15) is 5.26 Å². The fraction of sp³-hybridized carbons (Fsp3) is 0.533. The van der Waals surface area contributed by atoms with E-state index in [0.717, 1.165) is 31.7 Å². The van der Waals surface area contributed by atoms with Crippen molar-refractivity contribution < 1.29 is 0 Å². The monoisotopic (exact) mass is 226 g/mol. The zero-order valence-corrected chi connectivity index (χ0v) is 10.1. The van der Waals surface area contributed by atoms with Crippen LogP contribution in [0.25, 0.3) is 0 Å². The number of aryl methyl sites for hydroxylation is 1. The van der Waals surface area contributed by atoms with E-state index >= 15 is 0 Å². The van der Waals surface area contributed by atoms with Crippen molar-refractivity contribution in [3.05, 3.63) is 35.4 Å². The second-order valence-corrected chi connectivity index (χ2v) is 5.35. The van der Waals surface area contributed by atoms with Gasteiger partial charge in [0.25, 0.3) is 0 Å². The highest BCUT2D eigenvalue weighted by Crippen LogP contribution is 2.36. The molecule has 0 bridgehead atoms. The first-order chi connectivity index (χ1) is 8.34. The largest absolute Gasteiger partial charge is 0.295 e. The fourth-order valence-corrected chi connectivity index (χ4v) is 2.81. The van der Waals surface area contributed by atoms with Crippen molar-refractivity contribution in [1.29, 1.82) is 5.26 Å². The molecule has 2 heteroatoms. The lowest BCUT2D eigenvalue weighted by Gasteiger charge is -2.34. The predicted octanol–water partition coefficient (Wildman–Crippen LogP) is 2.74. The van der Waals surface area contributed by atoms with Gasteiger partial charge in [0.05, 0.1) is 6.07 Å². The first-order valence-electron chi connectivity index (χ1n) is 6.59. The Hall–Kier alpha value is -1.33. The Balaban J connectivity index is 1.91. The number of nitrogens with zero attached hydrogens (tertiary/aromatic N) is 1. The minimum atomic E-state index is -0.419. The van der Waals surface area contributed by atoms with Crippen LogP contribution in [0.4, 0.5) is 0 Å². The van der Waals surface area contributed by atoms with Crippen LogP contribution in [-0.4, -0.2) is 6.54 Å². The van der Waals surface area contributed by atoms with E-state index in [2.05, 4.69) is 35.7 Å². The normalized spacial score (nSPS) is 27.2. The molecule has 1 aromatic carbocycles. The lowest BCUT2D eigenvalue weighted by Crippen LogP contribution is -2.44. The molecule has 88 valence electrons. The Kier molecular flexibility index (Phi) is 2.64.